The standard InChI is InChI=1S/C25H20N4O/c30-24-25(16-18-6-11-26-12-7-18,17-19-8-13-27-14-9-19)22-21(10-15-28-23(22)29-24)20-4-2-1-3-5-20/h1-15H,16-17H2,(H,28,29,30). The van der Waals surface area contributed by atoms with E-state index in [0.717, 1.165) is 27.8 Å². The highest BCUT2D eigenvalue weighted by Crippen LogP contribution is 2.46. The summed E-state index contributed by atoms with van der Waals surface area (Å²) in [5, 5.41) is 3.06. The van der Waals surface area contributed by atoms with Crippen molar-refractivity contribution < 1.29 is 4.79 Å². The minimum absolute atomic E-state index is 0.0259. The van der Waals surface area contributed by atoms with E-state index in [0.29, 0.717) is 18.7 Å². The zero-order chi connectivity index (χ0) is 20.4. The van der Waals surface area contributed by atoms with Gasteiger partial charge in [-0.1, -0.05) is 30.3 Å². The van der Waals surface area contributed by atoms with Crippen molar-refractivity contribution in [3.63, 3.8) is 0 Å². The number of anilines is 1. The molecule has 1 aromatic carbocycles. The van der Waals surface area contributed by atoms with Crippen molar-refractivity contribution >= 4 is 11.7 Å². The second kappa shape index (κ2) is 7.52. The van der Waals surface area contributed by atoms with Gasteiger partial charge in [0.15, 0.2) is 0 Å². The van der Waals surface area contributed by atoms with Crippen molar-refractivity contribution in [2.75, 3.05) is 5.32 Å². The second-order valence-electron chi connectivity index (χ2n) is 7.55. The molecule has 1 aliphatic heterocycles. The van der Waals surface area contributed by atoms with Crippen LogP contribution in [0, 0.1) is 0 Å². The average Bonchev–Trinajstić information content (AvgIpc) is 3.07. The number of nitrogens with zero attached hydrogens (tertiary/aromatic N) is 3. The molecule has 0 atom stereocenters. The van der Waals surface area contributed by atoms with Crippen molar-refractivity contribution in [1.82, 2.24) is 15.0 Å². The van der Waals surface area contributed by atoms with Crippen LogP contribution in [-0.4, -0.2) is 20.9 Å². The van der Waals surface area contributed by atoms with E-state index in [-0.39, 0.29) is 5.91 Å². The lowest BCUT2D eigenvalue weighted by Gasteiger charge is -2.29. The molecule has 5 rings (SSSR count). The molecule has 5 nitrogen and oxygen atoms in total. The first-order valence-corrected chi connectivity index (χ1v) is 9.90. The molecule has 146 valence electrons. The summed E-state index contributed by atoms with van der Waals surface area (Å²) in [7, 11) is 0. The molecular formula is C25H20N4O. The molecule has 5 heteroatoms. The van der Waals surface area contributed by atoms with Crippen molar-refractivity contribution in [2.24, 2.45) is 0 Å². The topological polar surface area (TPSA) is 67.8 Å². The van der Waals surface area contributed by atoms with Gasteiger partial charge < -0.3 is 5.32 Å². The van der Waals surface area contributed by atoms with E-state index >= 15 is 0 Å². The lowest BCUT2D eigenvalue weighted by Crippen LogP contribution is -2.39. The van der Waals surface area contributed by atoms with Crippen LogP contribution < -0.4 is 5.32 Å². The highest BCUT2D eigenvalue weighted by atomic mass is 16.2. The summed E-state index contributed by atoms with van der Waals surface area (Å²) in [4.78, 5) is 26.3. The molecule has 0 fully saturated rings. The van der Waals surface area contributed by atoms with Crippen LogP contribution in [0.2, 0.25) is 0 Å². The van der Waals surface area contributed by atoms with Crippen LogP contribution in [0.1, 0.15) is 16.7 Å². The smallest absolute Gasteiger partial charge is 0.237 e. The van der Waals surface area contributed by atoms with Crippen LogP contribution >= 0.6 is 0 Å². The van der Waals surface area contributed by atoms with E-state index in [4.69, 9.17) is 0 Å². The van der Waals surface area contributed by atoms with Gasteiger partial charge in [0.2, 0.25) is 5.91 Å². The van der Waals surface area contributed by atoms with Crippen LogP contribution in [0.3, 0.4) is 0 Å². The van der Waals surface area contributed by atoms with E-state index < -0.39 is 5.41 Å². The molecule has 0 bridgehead atoms. The van der Waals surface area contributed by atoms with Gasteiger partial charge in [-0.05, 0) is 65.4 Å². The van der Waals surface area contributed by atoms with Crippen LogP contribution in [0.15, 0.2) is 91.6 Å². The Kier molecular flexibility index (Phi) is 4.56. The van der Waals surface area contributed by atoms with E-state index in [9.17, 15) is 4.79 Å². The minimum atomic E-state index is -0.780. The first kappa shape index (κ1) is 18.2. The molecule has 0 radical (unpaired) electrons. The Bertz CT molecular complexity index is 1140. The number of carbonyl (C=O) groups excluding carboxylic acids is 1. The number of benzene rings is 1. The number of pyridine rings is 3. The molecule has 4 heterocycles. The Balaban J connectivity index is 1.73. The van der Waals surface area contributed by atoms with Crippen molar-refractivity contribution in [3.8, 4) is 11.1 Å². The number of aromatic nitrogens is 3. The molecule has 0 aliphatic carbocycles. The molecular weight excluding hydrogens is 372 g/mol. The van der Waals surface area contributed by atoms with Crippen LogP contribution in [0.5, 0.6) is 0 Å². The SMILES string of the molecule is O=C1Nc2nccc(-c3ccccc3)c2C1(Cc1ccncc1)Cc1ccncc1. The number of nitrogens with one attached hydrogen (secondary N) is 1. The van der Waals surface area contributed by atoms with Crippen molar-refractivity contribution in [1.29, 1.82) is 0 Å². The zero-order valence-electron chi connectivity index (χ0n) is 16.3. The first-order chi connectivity index (χ1) is 14.8. The largest absolute Gasteiger partial charge is 0.310 e. The maximum Gasteiger partial charge on any atom is 0.237 e. The number of carbonyl (C=O) groups is 1. The Morgan fingerprint density at radius 2 is 1.33 bits per heavy atom. The molecule has 1 aliphatic rings. The Labute approximate surface area is 174 Å². The monoisotopic (exact) mass is 392 g/mol. The normalized spacial score (nSPS) is 14.2. The molecule has 1 amide bonds. The summed E-state index contributed by atoms with van der Waals surface area (Å²) in [6.07, 6.45) is 9.95. The van der Waals surface area contributed by atoms with Gasteiger partial charge >= 0.3 is 0 Å². The van der Waals surface area contributed by atoms with E-state index in [2.05, 4.69) is 32.4 Å². The second-order valence-corrected chi connectivity index (χ2v) is 7.55. The molecule has 1 N–H and O–H groups in total. The van der Waals surface area contributed by atoms with Gasteiger partial charge in [0, 0.05) is 36.5 Å². The average molecular weight is 392 g/mol. The van der Waals surface area contributed by atoms with Gasteiger partial charge in [-0.25, -0.2) is 4.98 Å². The number of rotatable bonds is 5. The molecule has 30 heavy (non-hydrogen) atoms. The lowest BCUT2D eigenvalue weighted by atomic mass is 9.70. The Morgan fingerprint density at radius 1 is 0.733 bits per heavy atom. The van der Waals surface area contributed by atoms with Gasteiger partial charge in [0.25, 0.3) is 0 Å². The van der Waals surface area contributed by atoms with Gasteiger partial charge in [-0.15, -0.1) is 0 Å². The van der Waals surface area contributed by atoms with E-state index in [1.807, 2.05) is 48.5 Å². The number of fused-ring (bicyclic) bond motifs is 1. The highest BCUT2D eigenvalue weighted by molar-refractivity contribution is 6.08. The first-order valence-electron chi connectivity index (χ1n) is 9.90. The molecule has 0 spiro atoms. The predicted molar refractivity (Wildman–Crippen MR) is 116 cm³/mol. The third-order valence-electron chi connectivity index (χ3n) is 5.69. The Morgan fingerprint density at radius 3 is 1.93 bits per heavy atom. The van der Waals surface area contributed by atoms with Crippen molar-refractivity contribution in [3.05, 3.63) is 108 Å². The quantitative estimate of drug-likeness (QED) is 0.552. The van der Waals surface area contributed by atoms with Crippen LogP contribution in [0.4, 0.5) is 5.82 Å². The van der Waals surface area contributed by atoms with Gasteiger partial charge in [0.05, 0.1) is 5.41 Å². The fraction of sp³-hybridized carbons (Fsp3) is 0.120. The summed E-state index contributed by atoms with van der Waals surface area (Å²) in [5.41, 5.74) is 4.39. The van der Waals surface area contributed by atoms with Crippen LogP contribution in [-0.2, 0) is 23.1 Å². The van der Waals surface area contributed by atoms with Gasteiger partial charge in [-0.3, -0.25) is 14.8 Å². The number of hydrogen-bond donors (Lipinski definition) is 1. The summed E-state index contributed by atoms with van der Waals surface area (Å²) >= 11 is 0. The maximum atomic E-state index is 13.6. The third kappa shape index (κ3) is 3.14. The fourth-order valence-corrected chi connectivity index (χ4v) is 4.34. The van der Waals surface area contributed by atoms with Crippen LogP contribution in [0.25, 0.3) is 11.1 Å². The predicted octanol–water partition coefficient (Wildman–Crippen LogP) is 4.21. The third-order valence-corrected chi connectivity index (χ3v) is 5.69. The molecule has 0 saturated heterocycles. The molecule has 3 aromatic heterocycles. The molecule has 0 unspecified atom stereocenters. The summed E-state index contributed by atoms with van der Waals surface area (Å²) < 4.78 is 0. The Hall–Kier alpha value is -3.86. The minimum Gasteiger partial charge on any atom is -0.310 e. The van der Waals surface area contributed by atoms with Gasteiger partial charge in [0.1, 0.15) is 5.82 Å². The summed E-state index contributed by atoms with van der Waals surface area (Å²) in [6.45, 7) is 0. The van der Waals surface area contributed by atoms with E-state index in [1.54, 1.807) is 31.0 Å². The highest BCUT2D eigenvalue weighted by Gasteiger charge is 2.49. The number of hydrogen-bond acceptors (Lipinski definition) is 4. The summed E-state index contributed by atoms with van der Waals surface area (Å²) in [6, 6.07) is 20.0. The lowest BCUT2D eigenvalue weighted by molar-refractivity contribution is -0.120. The molecule has 0 saturated carbocycles. The fourth-order valence-electron chi connectivity index (χ4n) is 4.34. The van der Waals surface area contributed by atoms with Gasteiger partial charge in [-0.2, -0.15) is 0 Å². The number of amides is 1. The molecule has 4 aromatic rings. The van der Waals surface area contributed by atoms with Crippen molar-refractivity contribution in [2.45, 2.75) is 18.3 Å². The maximum absolute atomic E-state index is 13.6. The summed E-state index contributed by atoms with van der Waals surface area (Å²) in [5.74, 6) is 0.617. The zero-order valence-corrected chi connectivity index (χ0v) is 16.3. The van der Waals surface area contributed by atoms with E-state index in [1.165, 1.54) is 0 Å².